The Bertz CT molecular complexity index is 902. The summed E-state index contributed by atoms with van der Waals surface area (Å²) in [7, 11) is 0. The van der Waals surface area contributed by atoms with Crippen LogP contribution in [0.15, 0.2) is 55.1 Å². The highest BCUT2D eigenvalue weighted by atomic mass is 16.5. The first-order valence-electron chi connectivity index (χ1n) is 9.40. The van der Waals surface area contributed by atoms with Crippen molar-refractivity contribution >= 4 is 17.8 Å². The van der Waals surface area contributed by atoms with Crippen molar-refractivity contribution in [1.29, 1.82) is 0 Å². The molecular formula is C23H26N2O4. The Labute approximate surface area is 171 Å². The molecule has 2 rings (SSSR count). The van der Waals surface area contributed by atoms with Crippen molar-refractivity contribution in [1.82, 2.24) is 10.6 Å². The van der Waals surface area contributed by atoms with Crippen molar-refractivity contribution < 1.29 is 19.1 Å². The summed E-state index contributed by atoms with van der Waals surface area (Å²) in [6.45, 7) is 10.1. The van der Waals surface area contributed by atoms with E-state index in [0.29, 0.717) is 30.1 Å². The summed E-state index contributed by atoms with van der Waals surface area (Å²) >= 11 is 0. The number of benzene rings is 2. The predicted octanol–water partition coefficient (Wildman–Crippen LogP) is 3.40. The third-order valence-electron chi connectivity index (χ3n) is 4.09. The van der Waals surface area contributed by atoms with Crippen LogP contribution < -0.4 is 15.4 Å². The highest BCUT2D eigenvalue weighted by Crippen LogP contribution is 2.21. The Morgan fingerprint density at radius 1 is 1.07 bits per heavy atom. The number of carbonyl (C=O) groups excluding carboxylic acids is 3. The van der Waals surface area contributed by atoms with Crippen molar-refractivity contribution in [3.05, 3.63) is 77.4 Å². The van der Waals surface area contributed by atoms with Gasteiger partial charge in [0.1, 0.15) is 5.75 Å². The van der Waals surface area contributed by atoms with Crippen LogP contribution in [0, 0.1) is 12.8 Å². The van der Waals surface area contributed by atoms with Crippen molar-refractivity contribution in [2.75, 3.05) is 6.54 Å². The first kappa shape index (κ1) is 21.9. The molecule has 2 amide bonds. The lowest BCUT2D eigenvalue weighted by atomic mass is 10.1. The molecule has 0 fully saturated rings. The van der Waals surface area contributed by atoms with Gasteiger partial charge < -0.3 is 15.4 Å². The fraction of sp³-hybridized carbons (Fsp3) is 0.261. The lowest BCUT2D eigenvalue weighted by molar-refractivity contribution is -0.116. The molecule has 0 aliphatic rings. The first-order valence-corrected chi connectivity index (χ1v) is 9.40. The van der Waals surface area contributed by atoms with E-state index in [4.69, 9.17) is 4.74 Å². The number of carbonyl (C=O) groups is 3. The summed E-state index contributed by atoms with van der Waals surface area (Å²) in [6.07, 6.45) is 1.20. The van der Waals surface area contributed by atoms with Crippen LogP contribution in [0.5, 0.6) is 5.75 Å². The fourth-order valence-electron chi connectivity index (χ4n) is 2.48. The van der Waals surface area contributed by atoms with Crippen LogP contribution in [0.4, 0.5) is 0 Å². The maximum Gasteiger partial charge on any atom is 0.343 e. The predicted molar refractivity (Wildman–Crippen MR) is 112 cm³/mol. The number of rotatable bonds is 8. The molecule has 0 aliphatic carbocycles. The monoisotopic (exact) mass is 394 g/mol. The summed E-state index contributed by atoms with van der Waals surface area (Å²) in [5.41, 5.74) is 2.40. The van der Waals surface area contributed by atoms with E-state index in [-0.39, 0.29) is 17.6 Å². The second-order valence-corrected chi connectivity index (χ2v) is 7.11. The number of ether oxygens (including phenoxy) is 1. The van der Waals surface area contributed by atoms with Crippen LogP contribution in [0.3, 0.4) is 0 Å². The van der Waals surface area contributed by atoms with Gasteiger partial charge in [0, 0.05) is 13.1 Å². The summed E-state index contributed by atoms with van der Waals surface area (Å²) in [5.74, 6) is -0.586. The van der Waals surface area contributed by atoms with Crippen LogP contribution in [0.2, 0.25) is 0 Å². The van der Waals surface area contributed by atoms with Crippen LogP contribution >= 0.6 is 0 Å². The van der Waals surface area contributed by atoms with Crippen molar-refractivity contribution in [2.45, 2.75) is 27.3 Å². The molecule has 6 heteroatoms. The Hall–Kier alpha value is -3.41. The Morgan fingerprint density at radius 2 is 1.76 bits per heavy atom. The molecule has 2 aromatic rings. The standard InChI is InChI=1S/C23H26N2O4/c1-5-21(26)24-14-17-7-9-18(10-8-17)23(28)29-20-11-6-16(4)12-19(20)22(27)25-13-15(2)3/h5-12,15H,1,13-14H2,2-4H3,(H,24,26)(H,25,27). The zero-order chi connectivity index (χ0) is 21.4. The van der Waals surface area contributed by atoms with E-state index < -0.39 is 5.97 Å². The second-order valence-electron chi connectivity index (χ2n) is 7.11. The van der Waals surface area contributed by atoms with Crippen molar-refractivity contribution in [2.24, 2.45) is 5.92 Å². The van der Waals surface area contributed by atoms with Gasteiger partial charge in [-0.3, -0.25) is 9.59 Å². The number of esters is 1. The summed E-state index contributed by atoms with van der Waals surface area (Å²) in [5, 5.41) is 5.51. The molecule has 0 radical (unpaired) electrons. The summed E-state index contributed by atoms with van der Waals surface area (Å²) < 4.78 is 5.49. The molecule has 0 atom stereocenters. The van der Waals surface area contributed by atoms with Gasteiger partial charge in [-0.05, 0) is 48.7 Å². The van der Waals surface area contributed by atoms with Gasteiger partial charge in [-0.2, -0.15) is 0 Å². The smallest absolute Gasteiger partial charge is 0.343 e. The molecule has 2 N–H and O–H groups in total. The zero-order valence-electron chi connectivity index (χ0n) is 17.0. The van der Waals surface area contributed by atoms with Crippen molar-refractivity contribution in [3.8, 4) is 5.75 Å². The van der Waals surface area contributed by atoms with Gasteiger partial charge >= 0.3 is 5.97 Å². The number of amides is 2. The molecule has 2 aromatic carbocycles. The maximum atomic E-state index is 12.5. The minimum Gasteiger partial charge on any atom is -0.422 e. The van der Waals surface area contributed by atoms with E-state index in [1.807, 2.05) is 20.8 Å². The van der Waals surface area contributed by atoms with Gasteiger partial charge in [-0.1, -0.05) is 44.2 Å². The van der Waals surface area contributed by atoms with Gasteiger partial charge in [0.25, 0.3) is 5.91 Å². The maximum absolute atomic E-state index is 12.5. The second kappa shape index (κ2) is 10.2. The lowest BCUT2D eigenvalue weighted by Crippen LogP contribution is -2.28. The quantitative estimate of drug-likeness (QED) is 0.408. The van der Waals surface area contributed by atoms with Crippen LogP contribution in [-0.2, 0) is 11.3 Å². The van der Waals surface area contributed by atoms with Crippen LogP contribution in [0.25, 0.3) is 0 Å². The van der Waals surface area contributed by atoms with E-state index in [0.717, 1.165) is 11.1 Å². The van der Waals surface area contributed by atoms with Gasteiger partial charge in [0.05, 0.1) is 11.1 Å². The molecule has 0 spiro atoms. The average molecular weight is 394 g/mol. The molecule has 152 valence electrons. The van der Waals surface area contributed by atoms with E-state index in [1.165, 1.54) is 6.08 Å². The highest BCUT2D eigenvalue weighted by molar-refractivity contribution is 5.99. The number of hydrogen-bond acceptors (Lipinski definition) is 4. The summed E-state index contributed by atoms with van der Waals surface area (Å²) in [4.78, 5) is 36.2. The Balaban J connectivity index is 2.11. The third-order valence-corrected chi connectivity index (χ3v) is 4.09. The van der Waals surface area contributed by atoms with Crippen LogP contribution in [-0.4, -0.2) is 24.3 Å². The third kappa shape index (κ3) is 6.60. The first-order chi connectivity index (χ1) is 13.8. The number of nitrogens with one attached hydrogen (secondary N) is 2. The molecular weight excluding hydrogens is 368 g/mol. The topological polar surface area (TPSA) is 84.5 Å². The average Bonchev–Trinajstić information content (AvgIpc) is 2.71. The molecule has 0 saturated heterocycles. The Morgan fingerprint density at radius 3 is 2.38 bits per heavy atom. The molecule has 0 unspecified atom stereocenters. The molecule has 0 heterocycles. The van der Waals surface area contributed by atoms with E-state index in [1.54, 1.807) is 42.5 Å². The number of hydrogen-bond donors (Lipinski definition) is 2. The minimum atomic E-state index is -0.562. The summed E-state index contributed by atoms with van der Waals surface area (Å²) in [6, 6.07) is 11.8. The lowest BCUT2D eigenvalue weighted by Gasteiger charge is -2.13. The normalized spacial score (nSPS) is 10.3. The Kier molecular flexibility index (Phi) is 7.71. The molecule has 0 saturated carbocycles. The van der Waals surface area contributed by atoms with Crippen LogP contribution in [0.1, 0.15) is 45.7 Å². The van der Waals surface area contributed by atoms with E-state index in [9.17, 15) is 14.4 Å². The van der Waals surface area contributed by atoms with E-state index in [2.05, 4.69) is 17.2 Å². The van der Waals surface area contributed by atoms with Gasteiger partial charge in [0.15, 0.2) is 0 Å². The van der Waals surface area contributed by atoms with Gasteiger partial charge in [-0.15, -0.1) is 0 Å². The SMILES string of the molecule is C=CC(=O)NCc1ccc(C(=O)Oc2ccc(C)cc2C(=O)NCC(C)C)cc1. The molecule has 6 nitrogen and oxygen atoms in total. The number of aryl methyl sites for hydroxylation is 1. The molecule has 0 aromatic heterocycles. The molecule has 29 heavy (non-hydrogen) atoms. The van der Waals surface area contributed by atoms with Crippen molar-refractivity contribution in [3.63, 3.8) is 0 Å². The fourth-order valence-corrected chi connectivity index (χ4v) is 2.48. The molecule has 0 aliphatic heterocycles. The van der Waals surface area contributed by atoms with Gasteiger partial charge in [-0.25, -0.2) is 4.79 Å². The molecule has 0 bridgehead atoms. The van der Waals surface area contributed by atoms with Gasteiger partial charge in [0.2, 0.25) is 5.91 Å². The zero-order valence-corrected chi connectivity index (χ0v) is 17.0. The highest BCUT2D eigenvalue weighted by Gasteiger charge is 2.17. The van der Waals surface area contributed by atoms with E-state index >= 15 is 0 Å². The minimum absolute atomic E-state index is 0.212. The largest absolute Gasteiger partial charge is 0.422 e.